The van der Waals surface area contributed by atoms with E-state index in [4.69, 9.17) is 4.52 Å². The molecule has 5 aromatic heterocycles. The normalized spacial score (nSPS) is 11.8. The van der Waals surface area contributed by atoms with E-state index in [1.54, 1.807) is 19.1 Å². The molecule has 0 aromatic carbocycles. The van der Waals surface area contributed by atoms with Gasteiger partial charge < -0.3 is 14.4 Å². The van der Waals surface area contributed by atoms with Crippen molar-refractivity contribution < 1.29 is 22.5 Å². The van der Waals surface area contributed by atoms with Crippen LogP contribution in [0.4, 0.5) is 19.0 Å². The molecule has 40 heavy (non-hydrogen) atoms. The molecule has 0 saturated heterocycles. The van der Waals surface area contributed by atoms with Gasteiger partial charge in [-0.05, 0) is 30.7 Å². The first-order chi connectivity index (χ1) is 18.9. The fourth-order valence-electron chi connectivity index (χ4n) is 4.14. The molecule has 0 fully saturated rings. The number of anilines is 1. The van der Waals surface area contributed by atoms with E-state index in [0.29, 0.717) is 11.3 Å². The van der Waals surface area contributed by atoms with Crippen LogP contribution in [0.15, 0.2) is 50.9 Å². The highest BCUT2D eigenvalue weighted by Crippen LogP contribution is 2.31. The molecule has 13 nitrogen and oxygen atoms in total. The number of halogens is 3. The van der Waals surface area contributed by atoms with Gasteiger partial charge in [-0.25, -0.2) is 14.8 Å². The fourth-order valence-corrected chi connectivity index (χ4v) is 4.14. The van der Waals surface area contributed by atoms with Crippen molar-refractivity contribution in [3.8, 4) is 11.3 Å². The zero-order chi connectivity index (χ0) is 28.8. The topological polar surface area (TPSA) is 156 Å². The average Bonchev–Trinajstić information content (AvgIpc) is 3.50. The van der Waals surface area contributed by atoms with Crippen molar-refractivity contribution in [3.63, 3.8) is 0 Å². The van der Waals surface area contributed by atoms with Crippen molar-refractivity contribution in [2.24, 2.45) is 7.05 Å². The Morgan fingerprint density at radius 3 is 2.58 bits per heavy atom. The predicted octanol–water partition coefficient (Wildman–Crippen LogP) is 2.06. The molecule has 16 heteroatoms. The number of hydrogen-bond acceptors (Lipinski definition) is 9. The minimum Gasteiger partial charge on any atom is -0.340 e. The summed E-state index contributed by atoms with van der Waals surface area (Å²) in [5.74, 6) is -0.0460. The van der Waals surface area contributed by atoms with Crippen LogP contribution in [0.1, 0.15) is 23.0 Å². The van der Waals surface area contributed by atoms with Crippen LogP contribution in [0.25, 0.3) is 22.4 Å². The molecule has 5 aromatic rings. The molecule has 0 aliphatic heterocycles. The quantitative estimate of drug-likeness (QED) is 0.331. The molecule has 0 radical (unpaired) electrons. The summed E-state index contributed by atoms with van der Waals surface area (Å²) >= 11 is 0. The Morgan fingerprint density at radius 1 is 1.12 bits per heavy atom. The lowest BCUT2D eigenvalue weighted by molar-refractivity contribution is -0.141. The molecular weight excluding hydrogens is 535 g/mol. The van der Waals surface area contributed by atoms with Crippen LogP contribution >= 0.6 is 0 Å². The van der Waals surface area contributed by atoms with Crippen LogP contribution in [-0.4, -0.2) is 44.7 Å². The number of imidazole rings is 1. The number of pyridine rings is 2. The average molecular weight is 555 g/mol. The summed E-state index contributed by atoms with van der Waals surface area (Å²) in [4.78, 5) is 54.8. The Morgan fingerprint density at radius 2 is 1.90 bits per heavy atom. The number of hydrogen-bond donors (Lipinski definition) is 1. The lowest BCUT2D eigenvalue weighted by atomic mass is 10.1. The number of carbonyl (C=O) groups excluding carboxylic acids is 1. The van der Waals surface area contributed by atoms with E-state index in [1.807, 2.05) is 0 Å². The Bertz CT molecular complexity index is 1890. The number of rotatable bonds is 6. The monoisotopic (exact) mass is 555 g/mol. The molecule has 0 aliphatic carbocycles. The maximum Gasteiger partial charge on any atom is 0.433 e. The number of carbonyl (C=O) groups is 1. The van der Waals surface area contributed by atoms with E-state index < -0.39 is 29.0 Å². The Balaban J connectivity index is 1.40. The van der Waals surface area contributed by atoms with Crippen molar-refractivity contribution in [1.82, 2.24) is 38.8 Å². The molecule has 0 unspecified atom stereocenters. The molecular formula is C24H20F3N9O4. The third kappa shape index (κ3) is 4.97. The summed E-state index contributed by atoms with van der Waals surface area (Å²) in [7, 11) is 1.44. The zero-order valence-electron chi connectivity index (χ0n) is 21.2. The van der Waals surface area contributed by atoms with Crippen LogP contribution in [0.3, 0.4) is 0 Å². The van der Waals surface area contributed by atoms with E-state index >= 15 is 0 Å². The number of aromatic nitrogens is 8. The van der Waals surface area contributed by atoms with Crippen molar-refractivity contribution in [2.45, 2.75) is 33.1 Å². The largest absolute Gasteiger partial charge is 0.433 e. The SMILES string of the molecule is Cc1nc(Cn2c(=O)c3c(ncn3CC(=O)Nc3cccc(-c4cnc(C(F)(F)F)c(C)c4)n3)n(C)c2=O)no1. The van der Waals surface area contributed by atoms with Gasteiger partial charge in [0, 0.05) is 25.7 Å². The lowest BCUT2D eigenvalue weighted by Crippen LogP contribution is -2.40. The van der Waals surface area contributed by atoms with Crippen LogP contribution in [0, 0.1) is 13.8 Å². The Kier molecular flexibility index (Phi) is 6.53. The minimum atomic E-state index is -4.58. The van der Waals surface area contributed by atoms with Gasteiger partial charge in [-0.15, -0.1) is 0 Å². The van der Waals surface area contributed by atoms with Gasteiger partial charge >= 0.3 is 11.9 Å². The van der Waals surface area contributed by atoms with E-state index in [0.717, 1.165) is 10.8 Å². The van der Waals surface area contributed by atoms with Crippen molar-refractivity contribution in [3.05, 3.63) is 80.6 Å². The van der Waals surface area contributed by atoms with Crippen LogP contribution in [-0.2, 0) is 31.1 Å². The minimum absolute atomic E-state index is 0.00507. The third-order valence-electron chi connectivity index (χ3n) is 5.94. The van der Waals surface area contributed by atoms with Gasteiger partial charge in [0.05, 0.1) is 18.6 Å². The number of alkyl halides is 3. The second kappa shape index (κ2) is 9.87. The van der Waals surface area contributed by atoms with Crippen molar-refractivity contribution in [2.75, 3.05) is 5.32 Å². The molecule has 5 heterocycles. The van der Waals surface area contributed by atoms with Gasteiger partial charge in [-0.2, -0.15) is 18.2 Å². The fraction of sp³-hybridized carbons (Fsp3) is 0.250. The van der Waals surface area contributed by atoms with Crippen molar-refractivity contribution >= 4 is 22.9 Å². The van der Waals surface area contributed by atoms with Crippen molar-refractivity contribution in [1.29, 1.82) is 0 Å². The summed E-state index contributed by atoms with van der Waals surface area (Å²) < 4.78 is 47.4. The maximum absolute atomic E-state index is 13.2. The second-order valence-electron chi connectivity index (χ2n) is 8.85. The Hall–Kier alpha value is -5.15. The van der Waals surface area contributed by atoms with Gasteiger partial charge in [-0.3, -0.25) is 23.7 Å². The van der Waals surface area contributed by atoms with Crippen LogP contribution in [0.2, 0.25) is 0 Å². The molecule has 1 N–H and O–H groups in total. The Labute approximate surface area is 221 Å². The molecule has 1 amide bonds. The number of nitrogens with one attached hydrogen (secondary N) is 1. The molecule has 0 spiro atoms. The van der Waals surface area contributed by atoms with Crippen LogP contribution < -0.4 is 16.6 Å². The molecule has 206 valence electrons. The van der Waals surface area contributed by atoms with Gasteiger partial charge in [0.1, 0.15) is 18.1 Å². The van der Waals surface area contributed by atoms with Gasteiger partial charge in [0.15, 0.2) is 17.0 Å². The molecule has 0 aliphatic rings. The van der Waals surface area contributed by atoms with E-state index in [-0.39, 0.29) is 47.3 Å². The number of fused-ring (bicyclic) bond motifs is 1. The summed E-state index contributed by atoms with van der Waals surface area (Å²) in [6.07, 6.45) is -2.26. The van der Waals surface area contributed by atoms with Gasteiger partial charge in [0.25, 0.3) is 5.56 Å². The standard InChI is InChI=1S/C24H20F3N9O4/c1-12-7-14(8-28-20(12)24(25,26)27)15-5-4-6-16(31-15)32-18(37)10-35-11-29-21-19(35)22(38)36(23(39)34(21)3)9-17-30-13(2)40-33-17/h4-8,11H,9-10H2,1-3H3,(H,31,32,37). The number of nitrogens with zero attached hydrogens (tertiary/aromatic N) is 8. The smallest absolute Gasteiger partial charge is 0.340 e. The molecule has 5 rings (SSSR count). The third-order valence-corrected chi connectivity index (χ3v) is 5.94. The summed E-state index contributed by atoms with van der Waals surface area (Å²) in [6.45, 7) is 2.27. The highest BCUT2D eigenvalue weighted by Gasteiger charge is 2.34. The molecule has 0 bridgehead atoms. The first-order valence-corrected chi connectivity index (χ1v) is 11.7. The maximum atomic E-state index is 13.2. The van der Waals surface area contributed by atoms with E-state index in [9.17, 15) is 27.6 Å². The highest BCUT2D eigenvalue weighted by molar-refractivity contribution is 5.90. The number of aryl methyl sites for hydroxylation is 3. The second-order valence-corrected chi connectivity index (χ2v) is 8.85. The summed E-state index contributed by atoms with van der Waals surface area (Å²) in [5, 5.41) is 6.31. The number of amides is 1. The summed E-state index contributed by atoms with van der Waals surface area (Å²) in [5.41, 5.74) is -1.69. The first kappa shape index (κ1) is 26.5. The van der Waals surface area contributed by atoms with Gasteiger partial charge in [0.2, 0.25) is 11.8 Å². The highest BCUT2D eigenvalue weighted by atomic mass is 19.4. The first-order valence-electron chi connectivity index (χ1n) is 11.7. The van der Waals surface area contributed by atoms with E-state index in [2.05, 4.69) is 30.4 Å². The zero-order valence-corrected chi connectivity index (χ0v) is 21.2. The van der Waals surface area contributed by atoms with Gasteiger partial charge in [-0.1, -0.05) is 11.2 Å². The van der Waals surface area contributed by atoms with Crippen LogP contribution in [0.5, 0.6) is 0 Å². The lowest BCUT2D eigenvalue weighted by Gasteiger charge is -2.11. The molecule has 0 saturated carbocycles. The predicted molar refractivity (Wildman–Crippen MR) is 133 cm³/mol. The summed E-state index contributed by atoms with van der Waals surface area (Å²) in [6, 6.07) is 5.95. The molecule has 0 atom stereocenters. The van der Waals surface area contributed by atoms with E-state index in [1.165, 1.54) is 41.6 Å².